The van der Waals surface area contributed by atoms with Crippen LogP contribution in [0.25, 0.3) is 21.1 Å². The Morgan fingerprint density at radius 1 is 1.17 bits per heavy atom. The molecule has 11 heteroatoms. The molecule has 2 aromatic heterocycles. The first-order valence-corrected chi connectivity index (χ1v) is 12.0. The van der Waals surface area contributed by atoms with Crippen molar-refractivity contribution in [3.05, 3.63) is 68.5 Å². The molecule has 0 N–H and O–H groups in total. The number of hydrogen-bond acceptors (Lipinski definition) is 9. The summed E-state index contributed by atoms with van der Waals surface area (Å²) in [7, 11) is 1.70. The van der Waals surface area contributed by atoms with Gasteiger partial charge in [0.15, 0.2) is 5.13 Å². The number of piperazine rings is 1. The number of rotatable bonds is 5. The molecule has 180 valence electrons. The average molecular weight is 494 g/mol. The van der Waals surface area contributed by atoms with Crippen LogP contribution in [0.4, 0.5) is 16.5 Å². The van der Waals surface area contributed by atoms with Gasteiger partial charge in [0.2, 0.25) is 5.43 Å². The number of fused-ring (bicyclic) bond motifs is 2. The molecule has 1 aliphatic rings. The Kier molecular flexibility index (Phi) is 5.85. The van der Waals surface area contributed by atoms with Crippen molar-refractivity contribution in [2.24, 2.45) is 7.05 Å². The van der Waals surface area contributed by atoms with Crippen LogP contribution in [0.15, 0.2) is 47.4 Å². The van der Waals surface area contributed by atoms with E-state index in [1.807, 2.05) is 29.2 Å². The minimum atomic E-state index is -0.743. The van der Waals surface area contributed by atoms with E-state index < -0.39 is 16.3 Å². The fourth-order valence-corrected chi connectivity index (χ4v) is 5.41. The number of nitrogens with zero attached hydrogens (tertiary/aromatic N) is 5. The topological polar surface area (TPSA) is 111 Å². The fraction of sp³-hybridized carbons (Fsp3) is 0.292. The predicted octanol–water partition coefficient (Wildman–Crippen LogP) is 3.56. The molecule has 2 aromatic carbocycles. The Morgan fingerprint density at radius 3 is 2.57 bits per heavy atom. The van der Waals surface area contributed by atoms with Crippen LogP contribution in [0.2, 0.25) is 0 Å². The van der Waals surface area contributed by atoms with Crippen molar-refractivity contribution in [2.75, 3.05) is 42.6 Å². The number of hydrogen-bond donors (Lipinski definition) is 0. The number of thiazole rings is 1. The molecular weight excluding hydrogens is 470 g/mol. The summed E-state index contributed by atoms with van der Waals surface area (Å²) in [5.41, 5.74) is 1.04. The number of carbonyl (C=O) groups excluding carboxylic acids is 1. The summed E-state index contributed by atoms with van der Waals surface area (Å²) < 4.78 is 7.73. The zero-order valence-electron chi connectivity index (χ0n) is 19.3. The highest BCUT2D eigenvalue weighted by Gasteiger charge is 2.27. The maximum Gasteiger partial charge on any atom is 0.343 e. The molecule has 0 bridgehead atoms. The van der Waals surface area contributed by atoms with Crippen molar-refractivity contribution in [1.29, 1.82) is 0 Å². The molecule has 1 fully saturated rings. The van der Waals surface area contributed by atoms with Crippen LogP contribution in [-0.4, -0.2) is 53.2 Å². The van der Waals surface area contributed by atoms with E-state index in [1.165, 1.54) is 12.3 Å². The molecule has 0 radical (unpaired) electrons. The molecule has 0 aliphatic carbocycles. The average Bonchev–Trinajstić information content (AvgIpc) is 3.30. The van der Waals surface area contributed by atoms with Crippen molar-refractivity contribution in [2.45, 2.75) is 6.92 Å². The Labute approximate surface area is 204 Å². The van der Waals surface area contributed by atoms with Crippen molar-refractivity contribution < 1.29 is 14.5 Å². The standard InChI is InChI=1S/C24H23N5O5S/c1-3-34-23(31)16-14-26(2)18-13-19(20(29(32)33)12-15(18)22(16)30)27-8-10-28(11-9-27)24-25-17-6-4-5-7-21(17)35-24/h4-7,12-14H,3,8-11H2,1-2H3. The van der Waals surface area contributed by atoms with Crippen LogP contribution in [0, 0.1) is 10.1 Å². The smallest absolute Gasteiger partial charge is 0.343 e. The second kappa shape index (κ2) is 8.99. The highest BCUT2D eigenvalue weighted by atomic mass is 32.1. The van der Waals surface area contributed by atoms with E-state index in [9.17, 15) is 19.7 Å². The van der Waals surface area contributed by atoms with Gasteiger partial charge in [-0.05, 0) is 25.1 Å². The number of nitro groups is 1. The highest BCUT2D eigenvalue weighted by Crippen LogP contribution is 2.34. The summed E-state index contributed by atoms with van der Waals surface area (Å²) in [6.45, 7) is 4.24. The zero-order chi connectivity index (χ0) is 24.7. The summed E-state index contributed by atoms with van der Waals surface area (Å²) in [6, 6.07) is 10.9. The predicted molar refractivity (Wildman–Crippen MR) is 136 cm³/mol. The number of aromatic nitrogens is 2. The van der Waals surface area contributed by atoms with Gasteiger partial charge in [0.25, 0.3) is 5.69 Å². The number of esters is 1. The molecule has 10 nitrogen and oxygen atoms in total. The van der Waals surface area contributed by atoms with Gasteiger partial charge in [-0.1, -0.05) is 23.5 Å². The van der Waals surface area contributed by atoms with Crippen molar-refractivity contribution in [3.63, 3.8) is 0 Å². The largest absolute Gasteiger partial charge is 0.462 e. The number of nitro benzene ring substituents is 1. The monoisotopic (exact) mass is 493 g/mol. The van der Waals surface area contributed by atoms with E-state index >= 15 is 0 Å². The second-order valence-electron chi connectivity index (χ2n) is 8.26. The number of anilines is 2. The Balaban J connectivity index is 1.48. The summed E-state index contributed by atoms with van der Waals surface area (Å²) in [4.78, 5) is 45.5. The zero-order valence-corrected chi connectivity index (χ0v) is 20.1. The third-order valence-corrected chi connectivity index (χ3v) is 7.25. The molecule has 0 unspecified atom stereocenters. The van der Waals surface area contributed by atoms with Crippen molar-refractivity contribution in [1.82, 2.24) is 9.55 Å². The van der Waals surface area contributed by atoms with E-state index in [1.54, 1.807) is 35.9 Å². The summed E-state index contributed by atoms with van der Waals surface area (Å²) in [6.07, 6.45) is 1.42. The maximum absolute atomic E-state index is 13.0. The lowest BCUT2D eigenvalue weighted by molar-refractivity contribution is -0.384. The Hall–Kier alpha value is -3.99. The van der Waals surface area contributed by atoms with Gasteiger partial charge in [-0.25, -0.2) is 9.78 Å². The van der Waals surface area contributed by atoms with E-state index in [-0.39, 0.29) is 23.2 Å². The summed E-state index contributed by atoms with van der Waals surface area (Å²) in [5, 5.41) is 13.0. The van der Waals surface area contributed by atoms with E-state index in [2.05, 4.69) is 4.90 Å². The number of carbonyl (C=O) groups is 1. The number of para-hydroxylation sites is 1. The molecule has 0 saturated carbocycles. The normalized spacial score (nSPS) is 14.0. The lowest BCUT2D eigenvalue weighted by Crippen LogP contribution is -2.46. The quantitative estimate of drug-likeness (QED) is 0.236. The van der Waals surface area contributed by atoms with Gasteiger partial charge < -0.3 is 19.1 Å². The number of pyridine rings is 1. The van der Waals surface area contributed by atoms with Crippen LogP contribution in [0.3, 0.4) is 0 Å². The van der Waals surface area contributed by atoms with Gasteiger partial charge in [0.1, 0.15) is 11.3 Å². The van der Waals surface area contributed by atoms with Gasteiger partial charge in [-0.2, -0.15) is 0 Å². The summed E-state index contributed by atoms with van der Waals surface area (Å²) >= 11 is 1.63. The van der Waals surface area contributed by atoms with Gasteiger partial charge in [0, 0.05) is 45.5 Å². The molecule has 1 saturated heterocycles. The van der Waals surface area contributed by atoms with Crippen molar-refractivity contribution in [3.8, 4) is 0 Å². The Morgan fingerprint density at radius 2 is 1.89 bits per heavy atom. The first-order chi connectivity index (χ1) is 16.9. The maximum atomic E-state index is 13.0. The first kappa shape index (κ1) is 22.8. The van der Waals surface area contributed by atoms with E-state index in [4.69, 9.17) is 9.72 Å². The molecule has 0 spiro atoms. The molecular formula is C24H23N5O5S. The van der Waals surface area contributed by atoms with Crippen LogP contribution in [0.5, 0.6) is 0 Å². The lowest BCUT2D eigenvalue weighted by Gasteiger charge is -2.35. The third kappa shape index (κ3) is 4.08. The minimum absolute atomic E-state index is 0.113. The van der Waals surface area contributed by atoms with Gasteiger partial charge >= 0.3 is 5.97 Å². The van der Waals surface area contributed by atoms with Gasteiger partial charge in [-0.3, -0.25) is 14.9 Å². The lowest BCUT2D eigenvalue weighted by atomic mass is 10.1. The molecule has 0 amide bonds. The van der Waals surface area contributed by atoms with E-state index in [0.717, 1.165) is 15.3 Å². The molecule has 0 atom stereocenters. The highest BCUT2D eigenvalue weighted by molar-refractivity contribution is 7.22. The van der Waals surface area contributed by atoms with Crippen LogP contribution < -0.4 is 15.2 Å². The molecule has 4 aromatic rings. The van der Waals surface area contributed by atoms with Crippen LogP contribution in [0.1, 0.15) is 17.3 Å². The third-order valence-electron chi connectivity index (χ3n) is 6.15. The number of aryl methyl sites for hydroxylation is 1. The van der Waals surface area contributed by atoms with Crippen LogP contribution in [-0.2, 0) is 11.8 Å². The second-order valence-corrected chi connectivity index (χ2v) is 9.27. The van der Waals surface area contributed by atoms with E-state index in [0.29, 0.717) is 37.4 Å². The number of benzene rings is 2. The van der Waals surface area contributed by atoms with Gasteiger partial charge in [0.05, 0.1) is 32.6 Å². The molecule has 1 aliphatic heterocycles. The van der Waals surface area contributed by atoms with Gasteiger partial charge in [-0.15, -0.1) is 0 Å². The Bertz CT molecular complexity index is 1490. The fourth-order valence-electron chi connectivity index (χ4n) is 4.39. The first-order valence-electron chi connectivity index (χ1n) is 11.2. The number of ether oxygens (including phenoxy) is 1. The minimum Gasteiger partial charge on any atom is -0.462 e. The SMILES string of the molecule is CCOC(=O)c1cn(C)c2cc(N3CCN(c4nc5ccccc5s4)CC3)c([N+](=O)[O-])cc2c1=O. The molecule has 5 rings (SSSR count). The van der Waals surface area contributed by atoms with Crippen LogP contribution >= 0.6 is 11.3 Å². The molecule has 3 heterocycles. The van der Waals surface area contributed by atoms with Crippen molar-refractivity contribution >= 4 is 54.9 Å². The summed E-state index contributed by atoms with van der Waals surface area (Å²) in [5.74, 6) is -0.743. The molecule has 35 heavy (non-hydrogen) atoms.